The molecule has 5 heteroatoms. The summed E-state index contributed by atoms with van der Waals surface area (Å²) in [7, 11) is 1.89. The molecule has 1 N–H and O–H groups in total. The van der Waals surface area contributed by atoms with Gasteiger partial charge in [-0.2, -0.15) is 0 Å². The molecule has 0 atom stereocenters. The van der Waals surface area contributed by atoms with Gasteiger partial charge < -0.3 is 15.1 Å². The van der Waals surface area contributed by atoms with Crippen LogP contribution in [0.2, 0.25) is 0 Å². The predicted octanol–water partition coefficient (Wildman–Crippen LogP) is 2.02. The van der Waals surface area contributed by atoms with Gasteiger partial charge in [0.2, 0.25) is 11.8 Å². The highest BCUT2D eigenvalue weighted by molar-refractivity contribution is 5.94. The lowest BCUT2D eigenvalue weighted by Crippen LogP contribution is -2.45. The zero-order valence-electron chi connectivity index (χ0n) is 13.3. The van der Waals surface area contributed by atoms with Gasteiger partial charge in [-0.1, -0.05) is 0 Å². The van der Waals surface area contributed by atoms with E-state index in [1.165, 1.54) is 11.3 Å². The zero-order valence-corrected chi connectivity index (χ0v) is 13.3. The van der Waals surface area contributed by atoms with E-state index in [9.17, 15) is 9.59 Å². The molecule has 2 aliphatic heterocycles. The monoisotopic (exact) mass is 301 g/mol. The van der Waals surface area contributed by atoms with Crippen molar-refractivity contribution in [2.24, 2.45) is 0 Å². The van der Waals surface area contributed by atoms with Gasteiger partial charge in [0, 0.05) is 50.9 Å². The molecule has 0 bridgehead atoms. The maximum Gasteiger partial charge on any atom is 0.224 e. The number of nitrogens with zero attached hydrogens (tertiary/aromatic N) is 2. The molecule has 0 saturated carbocycles. The van der Waals surface area contributed by atoms with Crippen molar-refractivity contribution in [3.63, 3.8) is 0 Å². The number of anilines is 2. The quantitative estimate of drug-likeness (QED) is 0.909. The average Bonchev–Trinajstić information content (AvgIpc) is 2.53. The second kappa shape index (κ2) is 5.99. The molecule has 2 amide bonds. The minimum atomic E-state index is 0.105. The van der Waals surface area contributed by atoms with E-state index < -0.39 is 0 Å². The Kier molecular flexibility index (Phi) is 4.05. The van der Waals surface area contributed by atoms with Crippen LogP contribution < -0.4 is 10.2 Å². The van der Waals surface area contributed by atoms with Gasteiger partial charge in [-0.05, 0) is 43.0 Å². The molecule has 1 aromatic rings. The summed E-state index contributed by atoms with van der Waals surface area (Å²) in [5, 5.41) is 2.92. The number of hydrogen-bond donors (Lipinski definition) is 1. The van der Waals surface area contributed by atoms with Gasteiger partial charge >= 0.3 is 0 Å². The van der Waals surface area contributed by atoms with Crippen molar-refractivity contribution in [1.29, 1.82) is 0 Å². The molecule has 2 aliphatic rings. The SMILES string of the molecule is CC(=O)N(C)C1CCN(c2ccc3c(c2)CCC(=O)N3)CC1. The number of hydrogen-bond acceptors (Lipinski definition) is 3. The Bertz CT molecular complexity index is 592. The summed E-state index contributed by atoms with van der Waals surface area (Å²) in [6, 6.07) is 6.64. The second-order valence-corrected chi connectivity index (χ2v) is 6.24. The van der Waals surface area contributed by atoms with Crippen molar-refractivity contribution >= 4 is 23.2 Å². The molecule has 1 saturated heterocycles. The summed E-state index contributed by atoms with van der Waals surface area (Å²) in [6.07, 6.45) is 3.40. The molecular formula is C17H23N3O2. The van der Waals surface area contributed by atoms with Crippen molar-refractivity contribution < 1.29 is 9.59 Å². The fourth-order valence-electron chi connectivity index (χ4n) is 3.33. The fraction of sp³-hybridized carbons (Fsp3) is 0.529. The third-order valence-electron chi connectivity index (χ3n) is 4.86. The standard InChI is InChI=1S/C17H23N3O2/c1-12(21)19(2)14-7-9-20(10-8-14)15-4-5-16-13(11-15)3-6-17(22)18-16/h4-5,11,14H,3,6-10H2,1-2H3,(H,18,22). The van der Waals surface area contributed by atoms with E-state index in [4.69, 9.17) is 0 Å². The van der Waals surface area contributed by atoms with Crippen molar-refractivity contribution in [3.05, 3.63) is 23.8 Å². The van der Waals surface area contributed by atoms with E-state index in [1.54, 1.807) is 6.92 Å². The Hall–Kier alpha value is -2.04. The van der Waals surface area contributed by atoms with Crippen LogP contribution in [0.3, 0.4) is 0 Å². The minimum Gasteiger partial charge on any atom is -0.371 e. The van der Waals surface area contributed by atoms with Crippen molar-refractivity contribution in [3.8, 4) is 0 Å². The van der Waals surface area contributed by atoms with E-state index in [-0.39, 0.29) is 11.8 Å². The van der Waals surface area contributed by atoms with Gasteiger partial charge in [0.25, 0.3) is 0 Å². The largest absolute Gasteiger partial charge is 0.371 e. The van der Waals surface area contributed by atoms with Gasteiger partial charge in [0.1, 0.15) is 0 Å². The van der Waals surface area contributed by atoms with Crippen LogP contribution in [0.1, 0.15) is 31.7 Å². The summed E-state index contributed by atoms with van der Waals surface area (Å²) >= 11 is 0. The summed E-state index contributed by atoms with van der Waals surface area (Å²) < 4.78 is 0. The Morgan fingerprint density at radius 2 is 2.00 bits per heavy atom. The Morgan fingerprint density at radius 3 is 2.68 bits per heavy atom. The molecule has 0 spiro atoms. The first-order valence-corrected chi connectivity index (χ1v) is 7.95. The molecule has 3 rings (SSSR count). The number of carbonyl (C=O) groups is 2. The highest BCUT2D eigenvalue weighted by Gasteiger charge is 2.24. The number of carbonyl (C=O) groups excluding carboxylic acids is 2. The van der Waals surface area contributed by atoms with Crippen LogP contribution in [0.25, 0.3) is 0 Å². The first kappa shape index (κ1) is 14.9. The molecule has 0 unspecified atom stereocenters. The molecule has 1 aromatic carbocycles. The summed E-state index contributed by atoms with van der Waals surface area (Å²) in [5.74, 6) is 0.247. The number of rotatable bonds is 2. The first-order valence-electron chi connectivity index (χ1n) is 7.95. The van der Waals surface area contributed by atoms with Crippen LogP contribution >= 0.6 is 0 Å². The predicted molar refractivity (Wildman–Crippen MR) is 87.1 cm³/mol. The molecule has 2 heterocycles. The lowest BCUT2D eigenvalue weighted by molar-refractivity contribution is -0.130. The lowest BCUT2D eigenvalue weighted by atomic mass is 9.99. The van der Waals surface area contributed by atoms with Gasteiger partial charge in [-0.3, -0.25) is 9.59 Å². The number of benzene rings is 1. The fourth-order valence-corrected chi connectivity index (χ4v) is 3.33. The summed E-state index contributed by atoms with van der Waals surface area (Å²) in [5.41, 5.74) is 3.39. The Balaban J connectivity index is 1.67. The minimum absolute atomic E-state index is 0.105. The van der Waals surface area contributed by atoms with E-state index in [2.05, 4.69) is 22.3 Å². The first-order chi connectivity index (χ1) is 10.5. The topological polar surface area (TPSA) is 52.7 Å². The van der Waals surface area contributed by atoms with Crippen molar-refractivity contribution in [2.75, 3.05) is 30.4 Å². The molecular weight excluding hydrogens is 278 g/mol. The van der Waals surface area contributed by atoms with Crippen LogP contribution in [0.15, 0.2) is 18.2 Å². The van der Waals surface area contributed by atoms with E-state index >= 15 is 0 Å². The van der Waals surface area contributed by atoms with Gasteiger partial charge in [-0.15, -0.1) is 0 Å². The Labute approximate surface area is 131 Å². The molecule has 1 fully saturated rings. The molecule has 118 valence electrons. The van der Waals surface area contributed by atoms with Crippen LogP contribution in [-0.4, -0.2) is 42.9 Å². The number of aryl methyl sites for hydroxylation is 1. The van der Waals surface area contributed by atoms with Crippen LogP contribution in [0, 0.1) is 0 Å². The van der Waals surface area contributed by atoms with Crippen molar-refractivity contribution in [1.82, 2.24) is 4.90 Å². The number of fused-ring (bicyclic) bond motifs is 1. The summed E-state index contributed by atoms with van der Waals surface area (Å²) in [4.78, 5) is 27.1. The van der Waals surface area contributed by atoms with E-state index in [0.717, 1.165) is 38.0 Å². The maximum atomic E-state index is 11.5. The molecule has 22 heavy (non-hydrogen) atoms. The van der Waals surface area contributed by atoms with E-state index in [1.807, 2.05) is 18.0 Å². The third-order valence-corrected chi connectivity index (χ3v) is 4.86. The van der Waals surface area contributed by atoms with Gasteiger partial charge in [-0.25, -0.2) is 0 Å². The van der Waals surface area contributed by atoms with Gasteiger partial charge in [0.05, 0.1) is 0 Å². The molecule has 0 radical (unpaired) electrons. The van der Waals surface area contributed by atoms with Gasteiger partial charge in [0.15, 0.2) is 0 Å². The lowest BCUT2D eigenvalue weighted by Gasteiger charge is -2.38. The Morgan fingerprint density at radius 1 is 1.27 bits per heavy atom. The summed E-state index contributed by atoms with van der Waals surface area (Å²) in [6.45, 7) is 3.56. The van der Waals surface area contributed by atoms with Crippen LogP contribution in [-0.2, 0) is 16.0 Å². The van der Waals surface area contributed by atoms with E-state index in [0.29, 0.717) is 12.5 Å². The molecule has 0 aliphatic carbocycles. The zero-order chi connectivity index (χ0) is 15.7. The third kappa shape index (κ3) is 2.93. The van der Waals surface area contributed by atoms with Crippen molar-refractivity contribution in [2.45, 2.75) is 38.6 Å². The average molecular weight is 301 g/mol. The second-order valence-electron chi connectivity index (χ2n) is 6.24. The van der Waals surface area contributed by atoms with Crippen LogP contribution in [0.4, 0.5) is 11.4 Å². The molecule has 0 aromatic heterocycles. The number of amides is 2. The van der Waals surface area contributed by atoms with Crippen LogP contribution in [0.5, 0.6) is 0 Å². The number of piperidine rings is 1. The smallest absolute Gasteiger partial charge is 0.224 e. The number of nitrogens with one attached hydrogen (secondary N) is 1. The maximum absolute atomic E-state index is 11.5. The normalized spacial score (nSPS) is 18.6. The highest BCUT2D eigenvalue weighted by Crippen LogP contribution is 2.29. The highest BCUT2D eigenvalue weighted by atomic mass is 16.2. The molecule has 5 nitrogen and oxygen atoms in total.